The number of anilines is 1. The van der Waals surface area contributed by atoms with E-state index in [0.29, 0.717) is 40.9 Å². The number of amides is 7. The predicted octanol–water partition coefficient (Wildman–Crippen LogP) is -0.763. The number of hydrogen-bond acceptors (Lipinski definition) is 22. The second kappa shape index (κ2) is 35.9. The Morgan fingerprint density at radius 3 is 2.13 bits per heavy atom. The van der Waals surface area contributed by atoms with Gasteiger partial charge in [0.05, 0.1) is 35.2 Å². The third kappa shape index (κ3) is 23.7. The topological polar surface area (TPSA) is 435 Å². The van der Waals surface area contributed by atoms with Crippen molar-refractivity contribution in [3.8, 4) is 10.7 Å². The molecule has 19 N–H and O–H groups in total. The highest BCUT2D eigenvalue weighted by Gasteiger charge is 2.36. The number of nitrogen functional groups attached to an aromatic ring is 1. The Kier molecular flexibility index (Phi) is 30.0. The summed E-state index contributed by atoms with van der Waals surface area (Å²) in [4.78, 5) is 111. The van der Waals surface area contributed by atoms with Crippen LogP contribution in [0.15, 0.2) is 28.3 Å². The van der Waals surface area contributed by atoms with Gasteiger partial charge in [0.25, 0.3) is 11.8 Å². The van der Waals surface area contributed by atoms with Crippen LogP contribution >= 0.6 is 34.0 Å². The van der Waals surface area contributed by atoms with Gasteiger partial charge < -0.3 is 76.3 Å². The zero-order valence-corrected chi connectivity index (χ0v) is 50.5. The van der Waals surface area contributed by atoms with Gasteiger partial charge in [0, 0.05) is 82.9 Å². The first kappa shape index (κ1) is 68.5. The minimum atomic E-state index is -1.49. The standard InChI is InChI=1S/C52H83N17O9S4/c1-29(2)23-35(65-50(76)37(24-32-11-8-21-79-32)66-51(77)42-30(3)44(56)69-46(68-42)36(25-40(55)70)62-26-33(54)45(57)72)43(71)31(4)47(73)64-34(13-22-82(5)78)48(74)61-20-12-41-63-39(28-80-41)52-67-38(27-81-52)49(75)60-19-10-18-59-16-7-6-15-58-17-9-14-53/h8,11,21,27-29,31,33-37,43,58-59,62,71H,6-7,9-10,12-20,22-26,53-54H2,1-5H3,(H2,55,70)(H2,57,72)(H,60,75)(H,61,74)(H,64,73)(H,65,76)(H,66,77)(H2,56,68,69)/t31-,33-,34-,35+,36-,37-,43-,82?/m0/s1. The summed E-state index contributed by atoms with van der Waals surface area (Å²) in [5.74, 6) is -6.03. The van der Waals surface area contributed by atoms with Crippen molar-refractivity contribution in [2.45, 2.75) is 122 Å². The molecular weight excluding hydrogens is 1130 g/mol. The number of aliphatic hydroxyl groups is 1. The summed E-state index contributed by atoms with van der Waals surface area (Å²) in [5.41, 5.74) is 29.2. The zero-order chi connectivity index (χ0) is 60.3. The zero-order valence-electron chi connectivity index (χ0n) is 47.3. The van der Waals surface area contributed by atoms with Crippen molar-refractivity contribution in [2.24, 2.45) is 34.8 Å². The van der Waals surface area contributed by atoms with Crippen LogP contribution in [0.4, 0.5) is 5.82 Å². The smallest absolute Gasteiger partial charge is 0.271 e. The third-order valence-electron chi connectivity index (χ3n) is 12.9. The van der Waals surface area contributed by atoms with Crippen molar-refractivity contribution in [2.75, 3.05) is 70.1 Å². The Morgan fingerprint density at radius 1 is 0.780 bits per heavy atom. The molecule has 0 fully saturated rings. The lowest BCUT2D eigenvalue weighted by molar-refractivity contribution is -0.134. The van der Waals surface area contributed by atoms with Crippen LogP contribution in [0.5, 0.6) is 0 Å². The normalized spacial score (nSPS) is 14.4. The van der Waals surface area contributed by atoms with Crippen molar-refractivity contribution in [1.82, 2.24) is 62.5 Å². The number of carbonyl (C=O) groups is 7. The van der Waals surface area contributed by atoms with Crippen LogP contribution in [0.2, 0.25) is 0 Å². The number of aromatic nitrogens is 4. The molecule has 7 amide bonds. The molecule has 0 bridgehead atoms. The number of thiazole rings is 2. The van der Waals surface area contributed by atoms with E-state index in [4.69, 9.17) is 28.7 Å². The van der Waals surface area contributed by atoms with Gasteiger partial charge in [0.1, 0.15) is 45.8 Å². The van der Waals surface area contributed by atoms with Crippen LogP contribution in [-0.4, -0.2) is 165 Å². The van der Waals surface area contributed by atoms with Gasteiger partial charge in [0.2, 0.25) is 29.5 Å². The van der Waals surface area contributed by atoms with Gasteiger partial charge in [-0.2, -0.15) is 0 Å². The van der Waals surface area contributed by atoms with Crippen molar-refractivity contribution in [3.63, 3.8) is 0 Å². The van der Waals surface area contributed by atoms with E-state index < -0.39 is 88.5 Å². The largest absolute Gasteiger partial charge is 0.390 e. The minimum absolute atomic E-state index is 0.0145. The van der Waals surface area contributed by atoms with Crippen LogP contribution in [0.25, 0.3) is 10.7 Å². The number of aliphatic hydroxyl groups excluding tert-OH is 1. The summed E-state index contributed by atoms with van der Waals surface area (Å²) in [5, 5.41) is 42.2. The van der Waals surface area contributed by atoms with E-state index in [2.05, 4.69) is 62.5 Å². The van der Waals surface area contributed by atoms with Gasteiger partial charge in [-0.05, 0) is 95.5 Å². The van der Waals surface area contributed by atoms with E-state index in [1.54, 1.807) is 22.9 Å². The van der Waals surface area contributed by atoms with Crippen molar-refractivity contribution < 1.29 is 42.9 Å². The highest BCUT2D eigenvalue weighted by atomic mass is 32.2. The number of unbranched alkanes of at least 4 members (excludes halogenated alkanes) is 1. The maximum atomic E-state index is 14.4. The summed E-state index contributed by atoms with van der Waals surface area (Å²) >= 11 is 4.01. The molecule has 0 aliphatic rings. The minimum Gasteiger partial charge on any atom is -0.390 e. The van der Waals surface area contributed by atoms with E-state index in [1.165, 1.54) is 54.1 Å². The molecule has 8 atom stereocenters. The first-order valence-corrected chi connectivity index (χ1v) is 31.6. The average molecular weight is 1220 g/mol. The van der Waals surface area contributed by atoms with Gasteiger partial charge in [-0.1, -0.05) is 26.8 Å². The highest BCUT2D eigenvalue weighted by molar-refractivity contribution is 7.84. The summed E-state index contributed by atoms with van der Waals surface area (Å²) in [6.45, 7) is 11.5. The lowest BCUT2D eigenvalue weighted by Crippen LogP contribution is -2.57. The fraction of sp³-hybridized carbons (Fsp3) is 0.596. The Balaban J connectivity index is 1.37. The molecule has 454 valence electrons. The molecule has 82 heavy (non-hydrogen) atoms. The number of thiophene rings is 1. The molecule has 1 unspecified atom stereocenters. The van der Waals surface area contributed by atoms with Gasteiger partial charge in [-0.15, -0.1) is 34.0 Å². The van der Waals surface area contributed by atoms with Gasteiger partial charge >= 0.3 is 0 Å². The molecule has 4 rings (SSSR count). The van der Waals surface area contributed by atoms with Crippen LogP contribution in [-0.2, 0) is 47.6 Å². The highest BCUT2D eigenvalue weighted by Crippen LogP contribution is 2.26. The fourth-order valence-electron chi connectivity index (χ4n) is 8.17. The van der Waals surface area contributed by atoms with Crippen molar-refractivity contribution in [1.29, 1.82) is 0 Å². The van der Waals surface area contributed by atoms with E-state index in [-0.39, 0.29) is 79.3 Å². The van der Waals surface area contributed by atoms with Gasteiger partial charge in [-0.25, -0.2) is 19.9 Å². The molecule has 0 radical (unpaired) electrons. The van der Waals surface area contributed by atoms with Gasteiger partial charge in [0.15, 0.2) is 0 Å². The maximum absolute atomic E-state index is 14.4. The molecule has 0 spiro atoms. The summed E-state index contributed by atoms with van der Waals surface area (Å²) in [6.07, 6.45) is 4.10. The SMILES string of the molecule is Cc1c(N)nc([C@H](CC(N)=O)NC[C@H](N)C(N)=O)nc1C(=O)N[C@@H](Cc1cccs1)C(=O)N[C@H](CC(C)C)[C@@H](O)[C@H](C)C(=O)N[C@@H](CCS(C)=O)C(=O)NCCc1nc(-c2nc(C(=O)NCCCNCCCCNCCCN)cs2)cs1. The Bertz CT molecular complexity index is 2710. The number of nitrogens with one attached hydrogen (secondary N) is 8. The molecule has 0 aliphatic carbocycles. The van der Waals surface area contributed by atoms with Gasteiger partial charge in [-0.3, -0.25) is 37.8 Å². The molecule has 30 heteroatoms. The quantitative estimate of drug-likeness (QED) is 0.0243. The predicted molar refractivity (Wildman–Crippen MR) is 320 cm³/mol. The molecule has 0 saturated heterocycles. The molecule has 0 saturated carbocycles. The number of carbonyl (C=O) groups excluding carboxylic acids is 7. The molecule has 4 aromatic heterocycles. The molecule has 0 aromatic carbocycles. The Morgan fingerprint density at radius 2 is 1.49 bits per heavy atom. The Hall–Kier alpha value is -5.96. The lowest BCUT2D eigenvalue weighted by atomic mass is 9.90. The molecular formula is C52H83N17O9S4. The lowest BCUT2D eigenvalue weighted by Gasteiger charge is -2.31. The summed E-state index contributed by atoms with van der Waals surface area (Å²) in [6, 6.07) is -2.04. The summed E-state index contributed by atoms with van der Waals surface area (Å²) in [7, 11) is -1.32. The van der Waals surface area contributed by atoms with Crippen molar-refractivity contribution >= 4 is 92.0 Å². The molecule has 4 aromatic rings. The molecule has 4 heterocycles. The molecule has 26 nitrogen and oxygen atoms in total. The fourth-order valence-corrected chi connectivity index (χ4v) is 11.1. The number of primary amides is 2. The molecule has 0 aliphatic heterocycles. The van der Waals surface area contributed by atoms with Crippen LogP contribution in [0.1, 0.15) is 114 Å². The average Bonchev–Trinajstić information content (AvgIpc) is 4.37. The number of hydrogen-bond donors (Lipinski definition) is 14. The second-order valence-electron chi connectivity index (χ2n) is 20.2. The third-order valence-corrected chi connectivity index (χ3v) is 16.4. The van der Waals surface area contributed by atoms with E-state index in [0.717, 1.165) is 56.7 Å². The number of nitrogens with two attached hydrogens (primary N) is 5. The monoisotopic (exact) mass is 1220 g/mol. The van der Waals surface area contributed by atoms with E-state index in [1.807, 2.05) is 19.2 Å². The second-order valence-corrected chi connectivity index (χ2v) is 24.6. The number of rotatable bonds is 40. The van der Waals surface area contributed by atoms with E-state index >= 15 is 0 Å². The van der Waals surface area contributed by atoms with Crippen LogP contribution in [0, 0.1) is 18.8 Å². The summed E-state index contributed by atoms with van der Waals surface area (Å²) < 4.78 is 12.2. The van der Waals surface area contributed by atoms with E-state index in [9.17, 15) is 42.9 Å². The van der Waals surface area contributed by atoms with Crippen LogP contribution < -0.4 is 71.2 Å². The first-order chi connectivity index (χ1) is 39.1. The van der Waals surface area contributed by atoms with Crippen LogP contribution in [0.3, 0.4) is 0 Å². The Labute approximate surface area is 493 Å². The maximum Gasteiger partial charge on any atom is 0.271 e. The number of nitrogens with zero attached hydrogens (tertiary/aromatic N) is 4. The van der Waals surface area contributed by atoms with Crippen molar-refractivity contribution in [3.05, 3.63) is 60.9 Å². The first-order valence-electron chi connectivity index (χ1n) is 27.3.